The minimum atomic E-state index is -0.109. The molecule has 1 atom stereocenters. The van der Waals surface area contributed by atoms with Gasteiger partial charge in [0.25, 0.3) is 0 Å². The quantitative estimate of drug-likeness (QED) is 0.746. The average Bonchev–Trinajstić information content (AvgIpc) is 3.03. The standard InChI is InChI=1S/C17H16ClN3O/c1-11-14(18)9-6-10-15(11)19-12(2)16-20-21-17(22-16)13-7-4-3-5-8-13/h3-10,12,19H,1-2H3. The second-order valence-corrected chi connectivity index (χ2v) is 5.50. The van der Waals surface area contributed by atoms with Gasteiger partial charge in [-0.05, 0) is 43.7 Å². The number of nitrogens with one attached hydrogen (secondary N) is 1. The zero-order chi connectivity index (χ0) is 15.5. The maximum Gasteiger partial charge on any atom is 0.247 e. The van der Waals surface area contributed by atoms with Gasteiger partial charge in [-0.25, -0.2) is 0 Å². The number of nitrogens with zero attached hydrogens (tertiary/aromatic N) is 2. The van der Waals surface area contributed by atoms with Crippen LogP contribution in [0.25, 0.3) is 11.5 Å². The van der Waals surface area contributed by atoms with Crippen molar-refractivity contribution in [2.75, 3.05) is 5.32 Å². The van der Waals surface area contributed by atoms with Crippen LogP contribution >= 0.6 is 11.6 Å². The van der Waals surface area contributed by atoms with E-state index in [4.69, 9.17) is 16.0 Å². The molecule has 5 heteroatoms. The fourth-order valence-corrected chi connectivity index (χ4v) is 2.34. The number of hydrogen-bond acceptors (Lipinski definition) is 4. The zero-order valence-corrected chi connectivity index (χ0v) is 13.1. The predicted octanol–water partition coefficient (Wildman–Crippen LogP) is 4.87. The molecule has 0 aliphatic carbocycles. The van der Waals surface area contributed by atoms with E-state index < -0.39 is 0 Å². The van der Waals surface area contributed by atoms with Gasteiger partial charge in [0, 0.05) is 16.3 Å². The first kappa shape index (κ1) is 14.6. The van der Waals surface area contributed by atoms with Crippen molar-refractivity contribution in [3.8, 4) is 11.5 Å². The van der Waals surface area contributed by atoms with Gasteiger partial charge >= 0.3 is 0 Å². The number of anilines is 1. The summed E-state index contributed by atoms with van der Waals surface area (Å²) in [6, 6.07) is 15.4. The molecule has 0 aliphatic heterocycles. The molecule has 0 aliphatic rings. The molecule has 3 rings (SSSR count). The van der Waals surface area contributed by atoms with Crippen LogP contribution in [0.15, 0.2) is 52.9 Å². The van der Waals surface area contributed by atoms with E-state index in [-0.39, 0.29) is 6.04 Å². The van der Waals surface area contributed by atoms with E-state index in [1.807, 2.05) is 62.4 Å². The highest BCUT2D eigenvalue weighted by atomic mass is 35.5. The lowest BCUT2D eigenvalue weighted by molar-refractivity contribution is 0.485. The summed E-state index contributed by atoms with van der Waals surface area (Å²) in [5.74, 6) is 1.06. The number of benzene rings is 2. The number of rotatable bonds is 4. The maximum atomic E-state index is 6.14. The summed E-state index contributed by atoms with van der Waals surface area (Å²) in [5, 5.41) is 12.3. The third kappa shape index (κ3) is 2.97. The summed E-state index contributed by atoms with van der Waals surface area (Å²) < 4.78 is 5.76. The highest BCUT2D eigenvalue weighted by molar-refractivity contribution is 6.31. The Bertz CT molecular complexity index is 771. The Morgan fingerprint density at radius 3 is 2.59 bits per heavy atom. The van der Waals surface area contributed by atoms with Gasteiger partial charge in [0.1, 0.15) is 6.04 Å². The third-order valence-electron chi connectivity index (χ3n) is 3.47. The van der Waals surface area contributed by atoms with Gasteiger partial charge in [0.15, 0.2) is 0 Å². The zero-order valence-electron chi connectivity index (χ0n) is 12.4. The molecule has 1 unspecified atom stereocenters. The second kappa shape index (κ2) is 6.20. The van der Waals surface area contributed by atoms with E-state index in [2.05, 4.69) is 15.5 Å². The molecule has 112 valence electrons. The Hall–Kier alpha value is -2.33. The first-order valence-electron chi connectivity index (χ1n) is 7.05. The monoisotopic (exact) mass is 313 g/mol. The molecule has 0 saturated heterocycles. The normalized spacial score (nSPS) is 12.1. The van der Waals surface area contributed by atoms with Gasteiger partial charge in [-0.1, -0.05) is 35.9 Å². The van der Waals surface area contributed by atoms with Gasteiger partial charge in [0.2, 0.25) is 11.8 Å². The SMILES string of the molecule is Cc1c(Cl)cccc1NC(C)c1nnc(-c2ccccc2)o1. The highest BCUT2D eigenvalue weighted by Crippen LogP contribution is 2.27. The Morgan fingerprint density at radius 1 is 1.05 bits per heavy atom. The minimum absolute atomic E-state index is 0.109. The summed E-state index contributed by atoms with van der Waals surface area (Å²) in [4.78, 5) is 0. The molecule has 3 aromatic rings. The van der Waals surface area contributed by atoms with Gasteiger partial charge in [-0.2, -0.15) is 0 Å². The molecule has 2 aromatic carbocycles. The molecule has 1 aromatic heterocycles. The van der Waals surface area contributed by atoms with Gasteiger partial charge in [-0.3, -0.25) is 0 Å². The van der Waals surface area contributed by atoms with E-state index in [0.29, 0.717) is 11.8 Å². The molecule has 0 saturated carbocycles. The molecule has 1 heterocycles. The van der Waals surface area contributed by atoms with Crippen molar-refractivity contribution in [1.82, 2.24) is 10.2 Å². The van der Waals surface area contributed by atoms with Crippen molar-refractivity contribution in [2.45, 2.75) is 19.9 Å². The van der Waals surface area contributed by atoms with Crippen LogP contribution in [0.5, 0.6) is 0 Å². The molecule has 22 heavy (non-hydrogen) atoms. The van der Waals surface area contributed by atoms with Crippen LogP contribution in [0.1, 0.15) is 24.4 Å². The highest BCUT2D eigenvalue weighted by Gasteiger charge is 2.15. The average molecular weight is 314 g/mol. The Kier molecular flexibility index (Phi) is 4.11. The van der Waals surface area contributed by atoms with Gasteiger partial charge in [0.05, 0.1) is 0 Å². The third-order valence-corrected chi connectivity index (χ3v) is 3.88. The van der Waals surface area contributed by atoms with Crippen LogP contribution in [0.2, 0.25) is 5.02 Å². The lowest BCUT2D eigenvalue weighted by Gasteiger charge is -2.14. The van der Waals surface area contributed by atoms with Crippen LogP contribution in [0.3, 0.4) is 0 Å². The van der Waals surface area contributed by atoms with E-state index in [0.717, 1.165) is 21.8 Å². The predicted molar refractivity (Wildman–Crippen MR) is 88.0 cm³/mol. The Labute approximate surface area is 134 Å². The van der Waals surface area contributed by atoms with Crippen molar-refractivity contribution >= 4 is 17.3 Å². The smallest absolute Gasteiger partial charge is 0.247 e. The van der Waals surface area contributed by atoms with Crippen LogP contribution < -0.4 is 5.32 Å². The summed E-state index contributed by atoms with van der Waals surface area (Å²) in [6.45, 7) is 3.95. The molecule has 0 bridgehead atoms. The van der Waals surface area contributed by atoms with Gasteiger partial charge in [-0.15, -0.1) is 10.2 Å². The van der Waals surface area contributed by atoms with Crippen molar-refractivity contribution in [2.24, 2.45) is 0 Å². The minimum Gasteiger partial charge on any atom is -0.418 e. The van der Waals surface area contributed by atoms with E-state index in [9.17, 15) is 0 Å². The Morgan fingerprint density at radius 2 is 1.82 bits per heavy atom. The summed E-state index contributed by atoms with van der Waals surface area (Å²) in [6.07, 6.45) is 0. The molecule has 0 radical (unpaired) electrons. The Balaban J connectivity index is 1.80. The number of aromatic nitrogens is 2. The molecule has 0 spiro atoms. The van der Waals surface area contributed by atoms with Crippen LogP contribution in [-0.4, -0.2) is 10.2 Å². The van der Waals surface area contributed by atoms with Crippen molar-refractivity contribution in [1.29, 1.82) is 0 Å². The van der Waals surface area contributed by atoms with Crippen LogP contribution in [-0.2, 0) is 0 Å². The molecule has 1 N–H and O–H groups in total. The molecule has 4 nitrogen and oxygen atoms in total. The lowest BCUT2D eigenvalue weighted by atomic mass is 10.2. The molecular weight excluding hydrogens is 298 g/mol. The first-order chi connectivity index (χ1) is 10.6. The first-order valence-corrected chi connectivity index (χ1v) is 7.43. The summed E-state index contributed by atoms with van der Waals surface area (Å²) in [7, 11) is 0. The molecule has 0 amide bonds. The van der Waals surface area contributed by atoms with Gasteiger partial charge < -0.3 is 9.73 Å². The van der Waals surface area contributed by atoms with E-state index in [1.165, 1.54) is 0 Å². The lowest BCUT2D eigenvalue weighted by Crippen LogP contribution is -2.08. The largest absolute Gasteiger partial charge is 0.418 e. The fraction of sp³-hybridized carbons (Fsp3) is 0.176. The summed E-state index contributed by atoms with van der Waals surface area (Å²) >= 11 is 6.14. The molecular formula is C17H16ClN3O. The summed E-state index contributed by atoms with van der Waals surface area (Å²) in [5.41, 5.74) is 2.87. The van der Waals surface area contributed by atoms with E-state index >= 15 is 0 Å². The van der Waals surface area contributed by atoms with Crippen LogP contribution in [0.4, 0.5) is 5.69 Å². The second-order valence-electron chi connectivity index (χ2n) is 5.09. The van der Waals surface area contributed by atoms with Crippen molar-refractivity contribution in [3.63, 3.8) is 0 Å². The number of hydrogen-bond donors (Lipinski definition) is 1. The number of halogens is 1. The fourth-order valence-electron chi connectivity index (χ4n) is 2.17. The van der Waals surface area contributed by atoms with Crippen molar-refractivity contribution in [3.05, 3.63) is 65.0 Å². The van der Waals surface area contributed by atoms with Crippen molar-refractivity contribution < 1.29 is 4.42 Å². The topological polar surface area (TPSA) is 51.0 Å². The van der Waals surface area contributed by atoms with Crippen LogP contribution in [0, 0.1) is 6.92 Å². The maximum absolute atomic E-state index is 6.14. The van der Waals surface area contributed by atoms with E-state index in [1.54, 1.807) is 0 Å². The molecule has 0 fully saturated rings.